The Hall–Kier alpha value is -4.53. The highest BCUT2D eigenvalue weighted by Gasteiger charge is 2.27. The van der Waals surface area contributed by atoms with Crippen LogP contribution in [0.15, 0.2) is 66.7 Å². The molecule has 0 saturated heterocycles. The molecule has 0 atom stereocenters. The number of rotatable bonds is 5. The molecule has 0 bridgehead atoms. The highest BCUT2D eigenvalue weighted by Crippen LogP contribution is 2.38. The molecule has 2 heterocycles. The Kier molecular flexibility index (Phi) is 4.92. The van der Waals surface area contributed by atoms with E-state index in [-0.39, 0.29) is 28.9 Å². The topological polar surface area (TPSA) is 118 Å². The summed E-state index contributed by atoms with van der Waals surface area (Å²) >= 11 is 0. The first-order valence-corrected chi connectivity index (χ1v) is 9.10. The van der Waals surface area contributed by atoms with Gasteiger partial charge in [-0.1, -0.05) is 0 Å². The molecule has 0 unspecified atom stereocenters. The van der Waals surface area contributed by atoms with Crippen LogP contribution < -0.4 is 14.4 Å². The molecule has 9 nitrogen and oxygen atoms in total. The number of aromatic nitrogens is 1. The number of esters is 1. The SMILES string of the molecule is CC(=O)Oc1ccc(Oc2ccc(N3C(=O)C=CC3=O)cc2-n2c(O)ccc2O)cc1. The molecule has 2 N–H and O–H groups in total. The van der Waals surface area contributed by atoms with Gasteiger partial charge in [-0.05, 0) is 42.5 Å². The van der Waals surface area contributed by atoms with Gasteiger partial charge in [-0.3, -0.25) is 14.4 Å². The lowest BCUT2D eigenvalue weighted by atomic mass is 10.2. The molecule has 1 aromatic heterocycles. The van der Waals surface area contributed by atoms with Crippen molar-refractivity contribution in [2.45, 2.75) is 6.92 Å². The fourth-order valence-corrected chi connectivity index (χ4v) is 3.09. The number of ether oxygens (including phenoxy) is 2. The minimum atomic E-state index is -0.508. The third kappa shape index (κ3) is 3.84. The number of hydrogen-bond acceptors (Lipinski definition) is 7. The van der Waals surface area contributed by atoms with Gasteiger partial charge in [0.15, 0.2) is 17.5 Å². The van der Waals surface area contributed by atoms with Crippen molar-refractivity contribution < 1.29 is 34.1 Å². The summed E-state index contributed by atoms with van der Waals surface area (Å²) in [5.74, 6) is -1.08. The number of anilines is 1. The summed E-state index contributed by atoms with van der Waals surface area (Å²) < 4.78 is 12.0. The number of amides is 2. The van der Waals surface area contributed by atoms with Crippen molar-refractivity contribution >= 4 is 23.5 Å². The number of benzene rings is 2. The maximum absolute atomic E-state index is 12.0. The fourth-order valence-electron chi connectivity index (χ4n) is 3.09. The van der Waals surface area contributed by atoms with Crippen molar-refractivity contribution in [1.82, 2.24) is 4.57 Å². The summed E-state index contributed by atoms with van der Waals surface area (Å²) in [7, 11) is 0. The summed E-state index contributed by atoms with van der Waals surface area (Å²) in [6.07, 6.45) is 2.31. The highest BCUT2D eigenvalue weighted by atomic mass is 16.5. The fraction of sp³-hybridized carbons (Fsp3) is 0.0455. The van der Waals surface area contributed by atoms with Gasteiger partial charge in [0.25, 0.3) is 11.8 Å². The largest absolute Gasteiger partial charge is 0.494 e. The van der Waals surface area contributed by atoms with Crippen molar-refractivity contribution in [3.8, 4) is 34.7 Å². The van der Waals surface area contributed by atoms with Gasteiger partial charge in [0.05, 0.1) is 11.4 Å². The van der Waals surface area contributed by atoms with E-state index in [0.29, 0.717) is 11.5 Å². The summed E-state index contributed by atoms with van der Waals surface area (Å²) in [6, 6.07) is 13.2. The third-order valence-electron chi connectivity index (χ3n) is 4.40. The predicted octanol–water partition coefficient (Wildman–Crippen LogP) is 3.04. The van der Waals surface area contributed by atoms with Gasteiger partial charge in [-0.15, -0.1) is 0 Å². The lowest BCUT2D eigenvalue weighted by molar-refractivity contribution is -0.132. The van der Waals surface area contributed by atoms with Gasteiger partial charge >= 0.3 is 5.97 Å². The summed E-state index contributed by atoms with van der Waals surface area (Å²) in [5.41, 5.74) is 0.425. The summed E-state index contributed by atoms with van der Waals surface area (Å²) in [4.78, 5) is 36.1. The molecule has 0 saturated carbocycles. The standard InChI is InChI=1S/C22H16N2O7/c1-13(25)30-15-3-5-16(6-4-15)31-18-7-2-14(23-19(26)8-9-20(23)27)12-17(18)24-21(28)10-11-22(24)29/h2-12,28-29H,1H3. The van der Waals surface area contributed by atoms with Crippen LogP contribution in [0.4, 0.5) is 5.69 Å². The number of aromatic hydroxyl groups is 2. The maximum Gasteiger partial charge on any atom is 0.308 e. The average Bonchev–Trinajstić information content (AvgIpc) is 3.24. The molecule has 2 aromatic carbocycles. The molecule has 4 rings (SSSR count). The maximum atomic E-state index is 12.0. The van der Waals surface area contributed by atoms with E-state index in [4.69, 9.17) is 9.47 Å². The lowest BCUT2D eigenvalue weighted by Gasteiger charge is -2.19. The van der Waals surface area contributed by atoms with Gasteiger partial charge in [0.2, 0.25) is 0 Å². The molecule has 156 valence electrons. The third-order valence-corrected chi connectivity index (χ3v) is 4.40. The minimum absolute atomic E-state index is 0.189. The number of hydrogen-bond donors (Lipinski definition) is 2. The second kappa shape index (κ2) is 7.71. The monoisotopic (exact) mass is 420 g/mol. The Morgan fingerprint density at radius 3 is 2.00 bits per heavy atom. The summed E-state index contributed by atoms with van der Waals surface area (Å²) in [5, 5.41) is 20.4. The molecule has 0 spiro atoms. The van der Waals surface area contributed by atoms with Gasteiger partial charge in [0.1, 0.15) is 11.5 Å². The molecule has 2 amide bonds. The lowest BCUT2D eigenvalue weighted by Crippen LogP contribution is -2.29. The van der Waals surface area contributed by atoms with E-state index >= 15 is 0 Å². The van der Waals surface area contributed by atoms with Gasteiger partial charge in [0, 0.05) is 31.2 Å². The molecule has 3 aromatic rings. The van der Waals surface area contributed by atoms with E-state index in [0.717, 1.165) is 21.6 Å². The Morgan fingerprint density at radius 2 is 1.42 bits per heavy atom. The van der Waals surface area contributed by atoms with Crippen molar-refractivity contribution in [1.29, 1.82) is 0 Å². The number of carbonyl (C=O) groups excluding carboxylic acids is 3. The normalized spacial score (nSPS) is 13.0. The second-order valence-electron chi connectivity index (χ2n) is 6.55. The summed E-state index contributed by atoms with van der Waals surface area (Å²) in [6.45, 7) is 1.29. The highest BCUT2D eigenvalue weighted by molar-refractivity contribution is 6.28. The van der Waals surface area contributed by atoms with Crippen LogP contribution in [0.3, 0.4) is 0 Å². The molecular weight excluding hydrogens is 404 g/mol. The molecule has 31 heavy (non-hydrogen) atoms. The number of nitrogens with zero attached hydrogens (tertiary/aromatic N) is 2. The van der Waals surface area contributed by atoms with Crippen LogP contribution in [0, 0.1) is 0 Å². The van der Waals surface area contributed by atoms with Crippen molar-refractivity contribution in [3.63, 3.8) is 0 Å². The van der Waals surface area contributed by atoms with Crippen molar-refractivity contribution in [2.24, 2.45) is 0 Å². The van der Waals surface area contributed by atoms with E-state index in [1.54, 1.807) is 24.3 Å². The Morgan fingerprint density at radius 1 is 0.839 bits per heavy atom. The first-order valence-electron chi connectivity index (χ1n) is 9.10. The molecular formula is C22H16N2O7. The second-order valence-corrected chi connectivity index (χ2v) is 6.55. The van der Waals surface area contributed by atoms with Crippen LogP contribution >= 0.6 is 0 Å². The van der Waals surface area contributed by atoms with E-state index in [2.05, 4.69) is 0 Å². The number of carbonyl (C=O) groups is 3. The molecule has 0 fully saturated rings. The minimum Gasteiger partial charge on any atom is -0.494 e. The zero-order chi connectivity index (χ0) is 22.1. The Labute approximate surface area is 176 Å². The number of imide groups is 1. The van der Waals surface area contributed by atoms with Crippen LogP contribution in [-0.2, 0) is 14.4 Å². The smallest absolute Gasteiger partial charge is 0.308 e. The van der Waals surface area contributed by atoms with Gasteiger partial charge in [-0.25, -0.2) is 9.47 Å². The van der Waals surface area contributed by atoms with E-state index < -0.39 is 17.8 Å². The van der Waals surface area contributed by atoms with E-state index in [1.807, 2.05) is 0 Å². The first kappa shape index (κ1) is 19.8. The van der Waals surface area contributed by atoms with Crippen LogP contribution in [0.5, 0.6) is 29.0 Å². The predicted molar refractivity (Wildman–Crippen MR) is 109 cm³/mol. The van der Waals surface area contributed by atoms with E-state index in [1.165, 1.54) is 37.3 Å². The molecule has 9 heteroatoms. The first-order chi connectivity index (χ1) is 14.8. The van der Waals surface area contributed by atoms with Crippen LogP contribution in [0.1, 0.15) is 6.92 Å². The molecule has 0 aliphatic carbocycles. The van der Waals surface area contributed by atoms with Crippen LogP contribution in [-0.4, -0.2) is 32.6 Å². The van der Waals surface area contributed by atoms with Crippen molar-refractivity contribution in [2.75, 3.05) is 4.90 Å². The molecule has 1 aliphatic rings. The van der Waals surface area contributed by atoms with Gasteiger partial charge in [-0.2, -0.15) is 0 Å². The zero-order valence-electron chi connectivity index (χ0n) is 16.2. The van der Waals surface area contributed by atoms with Crippen LogP contribution in [0.25, 0.3) is 5.69 Å². The Balaban J connectivity index is 1.74. The zero-order valence-corrected chi connectivity index (χ0v) is 16.2. The van der Waals surface area contributed by atoms with Crippen molar-refractivity contribution in [3.05, 3.63) is 66.7 Å². The quantitative estimate of drug-likeness (QED) is 0.370. The molecule has 0 radical (unpaired) electrons. The van der Waals surface area contributed by atoms with Crippen LogP contribution in [0.2, 0.25) is 0 Å². The molecule has 1 aliphatic heterocycles. The Bertz CT molecular complexity index is 1190. The van der Waals surface area contributed by atoms with E-state index in [9.17, 15) is 24.6 Å². The van der Waals surface area contributed by atoms with Gasteiger partial charge < -0.3 is 19.7 Å². The average molecular weight is 420 g/mol.